The third-order valence-corrected chi connectivity index (χ3v) is 4.25. The van der Waals surface area contributed by atoms with E-state index in [1.807, 2.05) is 0 Å². The van der Waals surface area contributed by atoms with Gasteiger partial charge >= 0.3 is 0 Å². The first-order valence-corrected chi connectivity index (χ1v) is 6.40. The maximum absolute atomic E-state index is 5.74. The van der Waals surface area contributed by atoms with E-state index < -0.39 is 0 Å². The molecule has 3 atom stereocenters. The van der Waals surface area contributed by atoms with Gasteiger partial charge in [0.1, 0.15) is 0 Å². The van der Waals surface area contributed by atoms with Crippen LogP contribution in [0.25, 0.3) is 0 Å². The Labute approximate surface area is 97.7 Å². The van der Waals surface area contributed by atoms with Gasteiger partial charge in [0.15, 0.2) is 0 Å². The van der Waals surface area contributed by atoms with Crippen molar-refractivity contribution >= 4 is 11.6 Å². The smallest absolute Gasteiger partial charge is 0.0205 e. The first-order chi connectivity index (χ1) is 7.26. The van der Waals surface area contributed by atoms with Gasteiger partial charge in [-0.3, -0.25) is 4.90 Å². The predicted molar refractivity (Wildman–Crippen MR) is 65.1 cm³/mol. The highest BCUT2D eigenvalue weighted by atomic mass is 35.5. The number of rotatable bonds is 3. The van der Waals surface area contributed by atoms with Crippen molar-refractivity contribution in [2.75, 3.05) is 26.2 Å². The van der Waals surface area contributed by atoms with E-state index in [4.69, 9.17) is 11.6 Å². The van der Waals surface area contributed by atoms with Crippen molar-refractivity contribution in [1.82, 2.24) is 10.2 Å². The molecule has 15 heavy (non-hydrogen) atoms. The molecule has 0 radical (unpaired) electrons. The van der Waals surface area contributed by atoms with Gasteiger partial charge in [-0.25, -0.2) is 0 Å². The van der Waals surface area contributed by atoms with Crippen LogP contribution in [0.5, 0.6) is 0 Å². The Morgan fingerprint density at radius 1 is 1.53 bits per heavy atom. The lowest BCUT2D eigenvalue weighted by atomic mass is 9.93. The zero-order valence-electron chi connectivity index (χ0n) is 9.67. The third-order valence-electron chi connectivity index (χ3n) is 3.88. The molecule has 0 spiro atoms. The molecule has 2 saturated heterocycles. The van der Waals surface area contributed by atoms with Crippen molar-refractivity contribution < 1.29 is 0 Å². The Morgan fingerprint density at radius 3 is 3.00 bits per heavy atom. The minimum atomic E-state index is 0.761. The molecular weight excluding hydrogens is 208 g/mol. The molecule has 0 aromatic heterocycles. The molecule has 2 nitrogen and oxygen atoms in total. The van der Waals surface area contributed by atoms with E-state index in [-0.39, 0.29) is 0 Å². The summed E-state index contributed by atoms with van der Waals surface area (Å²) in [6.07, 6.45) is 1.26. The second kappa shape index (κ2) is 4.86. The molecule has 0 amide bonds. The van der Waals surface area contributed by atoms with Crippen molar-refractivity contribution in [2.24, 2.45) is 11.8 Å². The van der Waals surface area contributed by atoms with Gasteiger partial charge < -0.3 is 5.32 Å². The van der Waals surface area contributed by atoms with Crippen molar-refractivity contribution in [2.45, 2.75) is 26.3 Å². The number of nitrogens with one attached hydrogen (secondary N) is 1. The summed E-state index contributed by atoms with van der Waals surface area (Å²) in [4.78, 5) is 2.62. The summed E-state index contributed by atoms with van der Waals surface area (Å²) in [6.45, 7) is 9.14. The minimum absolute atomic E-state index is 0.761. The molecule has 2 aliphatic heterocycles. The summed E-state index contributed by atoms with van der Waals surface area (Å²) in [7, 11) is 0. The molecule has 0 aromatic carbocycles. The standard InChI is InChI=1S/C12H21ClN2/c1-3-12-11-6-14-5-10(11)8-15(12)7-9(2)4-13/h4,10-12,14H,3,5-8H2,1-2H3. The van der Waals surface area contributed by atoms with E-state index in [9.17, 15) is 0 Å². The van der Waals surface area contributed by atoms with Gasteiger partial charge in [0.05, 0.1) is 0 Å². The molecule has 0 saturated carbocycles. The van der Waals surface area contributed by atoms with Gasteiger partial charge in [-0.05, 0) is 43.8 Å². The molecule has 1 N–H and O–H groups in total. The Kier molecular flexibility index (Phi) is 3.70. The predicted octanol–water partition coefficient (Wildman–Crippen LogP) is 2.06. The van der Waals surface area contributed by atoms with Gasteiger partial charge in [-0.15, -0.1) is 0 Å². The number of likely N-dealkylation sites (tertiary alicyclic amines) is 1. The van der Waals surface area contributed by atoms with Gasteiger partial charge in [-0.1, -0.05) is 18.5 Å². The van der Waals surface area contributed by atoms with Gasteiger partial charge in [-0.2, -0.15) is 0 Å². The van der Waals surface area contributed by atoms with Crippen LogP contribution in [-0.4, -0.2) is 37.1 Å². The Morgan fingerprint density at radius 2 is 2.33 bits per heavy atom. The highest BCUT2D eigenvalue weighted by Crippen LogP contribution is 2.34. The lowest BCUT2D eigenvalue weighted by molar-refractivity contribution is 0.235. The third kappa shape index (κ3) is 2.22. The van der Waals surface area contributed by atoms with E-state index in [0.29, 0.717) is 0 Å². The fourth-order valence-electron chi connectivity index (χ4n) is 3.21. The largest absolute Gasteiger partial charge is 0.316 e. The summed E-state index contributed by atoms with van der Waals surface area (Å²) >= 11 is 5.74. The molecule has 0 bridgehead atoms. The van der Waals surface area contributed by atoms with E-state index in [2.05, 4.69) is 24.1 Å². The molecule has 2 heterocycles. The van der Waals surface area contributed by atoms with E-state index in [0.717, 1.165) is 24.4 Å². The molecule has 86 valence electrons. The zero-order valence-corrected chi connectivity index (χ0v) is 10.4. The number of hydrogen-bond acceptors (Lipinski definition) is 2. The van der Waals surface area contributed by atoms with Crippen LogP contribution in [0.4, 0.5) is 0 Å². The van der Waals surface area contributed by atoms with Crippen molar-refractivity contribution in [3.63, 3.8) is 0 Å². The van der Waals surface area contributed by atoms with E-state index in [1.54, 1.807) is 5.54 Å². The van der Waals surface area contributed by atoms with Crippen LogP contribution >= 0.6 is 11.6 Å². The second-order valence-electron chi connectivity index (χ2n) is 4.94. The fraction of sp³-hybridized carbons (Fsp3) is 0.833. The van der Waals surface area contributed by atoms with Crippen LogP contribution in [0.3, 0.4) is 0 Å². The van der Waals surface area contributed by atoms with Gasteiger partial charge in [0, 0.05) is 24.7 Å². The first-order valence-electron chi connectivity index (χ1n) is 5.96. The summed E-state index contributed by atoms with van der Waals surface area (Å²) in [5.41, 5.74) is 3.00. The quantitative estimate of drug-likeness (QED) is 0.796. The first kappa shape index (κ1) is 11.4. The topological polar surface area (TPSA) is 15.3 Å². The monoisotopic (exact) mass is 228 g/mol. The lowest BCUT2D eigenvalue weighted by Gasteiger charge is -2.26. The molecule has 0 aromatic rings. The Balaban J connectivity index is 2.01. The van der Waals surface area contributed by atoms with Crippen molar-refractivity contribution in [1.29, 1.82) is 0 Å². The van der Waals surface area contributed by atoms with E-state index >= 15 is 0 Å². The van der Waals surface area contributed by atoms with Crippen molar-refractivity contribution in [3.8, 4) is 0 Å². The lowest BCUT2D eigenvalue weighted by Crippen LogP contribution is -2.36. The highest BCUT2D eigenvalue weighted by Gasteiger charge is 2.42. The van der Waals surface area contributed by atoms with Gasteiger partial charge in [0.25, 0.3) is 0 Å². The normalized spacial score (nSPS) is 37.3. The van der Waals surface area contributed by atoms with Crippen LogP contribution in [0, 0.1) is 11.8 Å². The maximum Gasteiger partial charge on any atom is 0.0205 e. The van der Waals surface area contributed by atoms with Crippen LogP contribution in [0.2, 0.25) is 0 Å². The van der Waals surface area contributed by atoms with Crippen LogP contribution in [0.15, 0.2) is 11.1 Å². The van der Waals surface area contributed by atoms with E-state index in [1.165, 1.54) is 31.6 Å². The summed E-state index contributed by atoms with van der Waals surface area (Å²) in [6, 6.07) is 0.761. The van der Waals surface area contributed by atoms with Crippen molar-refractivity contribution in [3.05, 3.63) is 11.1 Å². The number of hydrogen-bond donors (Lipinski definition) is 1. The zero-order chi connectivity index (χ0) is 10.8. The molecule has 3 unspecified atom stereocenters. The van der Waals surface area contributed by atoms with Crippen LogP contribution in [-0.2, 0) is 0 Å². The Bertz CT molecular complexity index is 252. The molecule has 2 rings (SSSR count). The Hall–Kier alpha value is -0.0500. The SMILES string of the molecule is CCC1C2CNCC2CN1CC(C)=CCl. The molecule has 0 aliphatic carbocycles. The summed E-state index contributed by atoms with van der Waals surface area (Å²) in [5.74, 6) is 1.75. The molecule has 2 fully saturated rings. The average Bonchev–Trinajstić information content (AvgIpc) is 2.77. The molecule has 3 heteroatoms. The molecular formula is C12H21ClN2. The number of fused-ring (bicyclic) bond motifs is 1. The highest BCUT2D eigenvalue weighted by molar-refractivity contribution is 6.25. The van der Waals surface area contributed by atoms with Gasteiger partial charge in [0.2, 0.25) is 0 Å². The number of nitrogens with zero attached hydrogens (tertiary/aromatic N) is 1. The average molecular weight is 229 g/mol. The molecule has 2 aliphatic rings. The summed E-state index contributed by atoms with van der Waals surface area (Å²) in [5, 5.41) is 3.51. The minimum Gasteiger partial charge on any atom is -0.316 e. The van der Waals surface area contributed by atoms with Crippen LogP contribution < -0.4 is 5.32 Å². The fourth-order valence-corrected chi connectivity index (χ4v) is 3.28. The number of halogens is 1. The summed E-state index contributed by atoms with van der Waals surface area (Å²) < 4.78 is 0. The van der Waals surface area contributed by atoms with Crippen LogP contribution in [0.1, 0.15) is 20.3 Å². The second-order valence-corrected chi connectivity index (χ2v) is 5.16. The maximum atomic E-state index is 5.74.